The van der Waals surface area contributed by atoms with Crippen molar-refractivity contribution in [3.05, 3.63) is 59.7 Å². The zero-order valence-corrected chi connectivity index (χ0v) is 14.9. The Bertz CT molecular complexity index is 875. The molecule has 9 heteroatoms. The number of ether oxygens (including phenoxy) is 1. The number of nitrogens with one attached hydrogen (secondary N) is 1. The van der Waals surface area contributed by atoms with E-state index in [1.807, 2.05) is 6.92 Å². The average molecular weight is 386 g/mol. The van der Waals surface area contributed by atoms with Crippen molar-refractivity contribution in [2.24, 2.45) is 4.40 Å². The number of sulfonamides is 1. The van der Waals surface area contributed by atoms with E-state index in [-0.39, 0.29) is 23.2 Å². The number of rotatable bonds is 4. The quantitative estimate of drug-likeness (QED) is 0.631. The molecule has 0 radical (unpaired) electrons. The SMILES string of the molecule is CCO/C(=N\S(=O)(=O)c1ccc(C)cc1)Nc1ccc(C(F)(F)F)cc1. The molecule has 0 aromatic heterocycles. The second kappa shape index (κ2) is 7.77. The van der Waals surface area contributed by atoms with Gasteiger partial charge in [-0.3, -0.25) is 0 Å². The average Bonchev–Trinajstić information content (AvgIpc) is 2.55. The van der Waals surface area contributed by atoms with Crippen LogP contribution in [0, 0.1) is 6.92 Å². The van der Waals surface area contributed by atoms with Crippen LogP contribution in [0.25, 0.3) is 0 Å². The summed E-state index contributed by atoms with van der Waals surface area (Å²) in [5.41, 5.74) is 0.287. The van der Waals surface area contributed by atoms with Crippen molar-refractivity contribution < 1.29 is 26.3 Å². The fraction of sp³-hybridized carbons (Fsp3) is 0.235. The topological polar surface area (TPSA) is 67.8 Å². The highest BCUT2D eigenvalue weighted by Gasteiger charge is 2.30. The highest BCUT2D eigenvalue weighted by Crippen LogP contribution is 2.29. The number of alkyl halides is 3. The molecule has 0 aliphatic rings. The molecule has 5 nitrogen and oxygen atoms in total. The monoisotopic (exact) mass is 386 g/mol. The maximum atomic E-state index is 12.6. The third kappa shape index (κ3) is 5.22. The summed E-state index contributed by atoms with van der Waals surface area (Å²) in [6.07, 6.45) is -4.45. The zero-order chi connectivity index (χ0) is 19.4. The number of hydrogen-bond acceptors (Lipinski definition) is 3. The third-order valence-corrected chi connectivity index (χ3v) is 4.54. The molecule has 0 aliphatic heterocycles. The third-order valence-electron chi connectivity index (χ3n) is 3.27. The van der Waals surface area contributed by atoms with Gasteiger partial charge in [-0.15, -0.1) is 4.40 Å². The Hall–Kier alpha value is -2.55. The van der Waals surface area contributed by atoms with E-state index < -0.39 is 21.8 Å². The first-order valence-corrected chi connectivity index (χ1v) is 9.04. The standard InChI is InChI=1S/C17H17F3N2O3S/c1-3-25-16(21-14-8-6-13(7-9-14)17(18,19)20)22-26(23,24)15-10-4-12(2)5-11-15/h4-11H,3H2,1-2H3,(H,21,22). The molecule has 0 aliphatic carbocycles. The van der Waals surface area contributed by atoms with Gasteiger partial charge in [-0.05, 0) is 50.2 Å². The van der Waals surface area contributed by atoms with Crippen LogP contribution in [0.1, 0.15) is 18.1 Å². The van der Waals surface area contributed by atoms with Crippen molar-refractivity contribution in [1.82, 2.24) is 0 Å². The lowest BCUT2D eigenvalue weighted by atomic mass is 10.2. The van der Waals surface area contributed by atoms with Crippen LogP contribution in [-0.2, 0) is 20.9 Å². The van der Waals surface area contributed by atoms with Crippen molar-refractivity contribution in [3.63, 3.8) is 0 Å². The Balaban J connectivity index is 2.27. The van der Waals surface area contributed by atoms with Crippen molar-refractivity contribution >= 4 is 21.7 Å². The number of hydrogen-bond donors (Lipinski definition) is 1. The first kappa shape index (κ1) is 19.8. The van der Waals surface area contributed by atoms with E-state index >= 15 is 0 Å². The molecule has 140 valence electrons. The van der Waals surface area contributed by atoms with Gasteiger partial charge in [-0.1, -0.05) is 17.7 Å². The number of aryl methyl sites for hydroxylation is 1. The van der Waals surface area contributed by atoms with E-state index in [9.17, 15) is 21.6 Å². The van der Waals surface area contributed by atoms with Crippen LogP contribution in [-0.4, -0.2) is 21.0 Å². The minimum Gasteiger partial charge on any atom is -0.465 e. The fourth-order valence-electron chi connectivity index (χ4n) is 1.96. The molecule has 2 aromatic rings. The summed E-state index contributed by atoms with van der Waals surface area (Å²) in [6.45, 7) is 3.57. The van der Waals surface area contributed by atoms with E-state index in [2.05, 4.69) is 9.71 Å². The van der Waals surface area contributed by atoms with Crippen LogP contribution in [0.5, 0.6) is 0 Å². The highest BCUT2D eigenvalue weighted by molar-refractivity contribution is 7.90. The van der Waals surface area contributed by atoms with Crippen LogP contribution in [0.15, 0.2) is 57.8 Å². The van der Waals surface area contributed by atoms with Gasteiger partial charge in [-0.25, -0.2) is 0 Å². The molecule has 0 bridgehead atoms. The summed E-state index contributed by atoms with van der Waals surface area (Å²) >= 11 is 0. The maximum Gasteiger partial charge on any atom is 0.416 e. The largest absolute Gasteiger partial charge is 0.465 e. The van der Waals surface area contributed by atoms with Gasteiger partial charge in [0, 0.05) is 5.69 Å². The van der Waals surface area contributed by atoms with E-state index in [1.165, 1.54) is 12.1 Å². The molecule has 2 rings (SSSR count). The molecule has 0 unspecified atom stereocenters. The second-order valence-corrected chi connectivity index (χ2v) is 6.92. The number of halogens is 3. The Morgan fingerprint density at radius 3 is 2.15 bits per heavy atom. The van der Waals surface area contributed by atoms with Gasteiger partial charge in [0.05, 0.1) is 17.1 Å². The van der Waals surface area contributed by atoms with Gasteiger partial charge in [0.1, 0.15) is 0 Å². The number of amidine groups is 1. The van der Waals surface area contributed by atoms with E-state index in [4.69, 9.17) is 4.74 Å². The molecule has 0 saturated heterocycles. The fourth-order valence-corrected chi connectivity index (χ4v) is 2.86. The predicted molar refractivity (Wildman–Crippen MR) is 92.5 cm³/mol. The molecule has 0 atom stereocenters. The van der Waals surface area contributed by atoms with Gasteiger partial charge in [0.25, 0.3) is 10.0 Å². The summed E-state index contributed by atoms with van der Waals surface area (Å²) in [5, 5.41) is 2.58. The first-order chi connectivity index (χ1) is 12.1. The lowest BCUT2D eigenvalue weighted by Crippen LogP contribution is -2.18. The number of benzene rings is 2. The van der Waals surface area contributed by atoms with E-state index in [0.29, 0.717) is 0 Å². The zero-order valence-electron chi connectivity index (χ0n) is 14.0. The first-order valence-electron chi connectivity index (χ1n) is 7.60. The van der Waals surface area contributed by atoms with Gasteiger partial charge in [-0.2, -0.15) is 21.6 Å². The van der Waals surface area contributed by atoms with Gasteiger partial charge < -0.3 is 10.1 Å². The van der Waals surface area contributed by atoms with Crippen LogP contribution < -0.4 is 5.32 Å². The number of nitrogens with zero attached hydrogens (tertiary/aromatic N) is 1. The van der Waals surface area contributed by atoms with E-state index in [0.717, 1.165) is 29.8 Å². The summed E-state index contributed by atoms with van der Waals surface area (Å²) in [4.78, 5) is -0.0190. The Morgan fingerprint density at radius 1 is 1.08 bits per heavy atom. The van der Waals surface area contributed by atoms with Gasteiger partial charge in [0.2, 0.25) is 0 Å². The Kier molecular flexibility index (Phi) is 5.91. The van der Waals surface area contributed by atoms with Crippen LogP contribution in [0.3, 0.4) is 0 Å². The Morgan fingerprint density at radius 2 is 1.65 bits per heavy atom. The molecule has 1 N–H and O–H groups in total. The lowest BCUT2D eigenvalue weighted by molar-refractivity contribution is -0.137. The molecular formula is C17H17F3N2O3S. The van der Waals surface area contributed by atoms with Crippen molar-refractivity contribution in [1.29, 1.82) is 0 Å². The molecule has 0 heterocycles. The van der Waals surface area contributed by atoms with Crippen LogP contribution in [0.2, 0.25) is 0 Å². The van der Waals surface area contributed by atoms with Gasteiger partial charge >= 0.3 is 12.2 Å². The number of anilines is 1. The molecule has 26 heavy (non-hydrogen) atoms. The maximum absolute atomic E-state index is 12.6. The molecule has 0 amide bonds. The molecule has 0 spiro atoms. The minimum absolute atomic E-state index is 0.0190. The Labute approximate surface area is 149 Å². The van der Waals surface area contributed by atoms with Crippen LogP contribution >= 0.6 is 0 Å². The summed E-state index contributed by atoms with van der Waals surface area (Å²) in [6, 6.07) is 9.84. The molecule has 0 saturated carbocycles. The van der Waals surface area contributed by atoms with Crippen molar-refractivity contribution in [3.8, 4) is 0 Å². The van der Waals surface area contributed by atoms with E-state index in [1.54, 1.807) is 19.1 Å². The van der Waals surface area contributed by atoms with Gasteiger partial charge in [0.15, 0.2) is 0 Å². The van der Waals surface area contributed by atoms with Crippen LogP contribution in [0.4, 0.5) is 18.9 Å². The second-order valence-electron chi connectivity index (χ2n) is 5.32. The van der Waals surface area contributed by atoms with Crippen molar-refractivity contribution in [2.45, 2.75) is 24.9 Å². The summed E-state index contributed by atoms with van der Waals surface area (Å²) in [7, 11) is -4.03. The molecule has 0 fully saturated rings. The smallest absolute Gasteiger partial charge is 0.416 e. The molecule has 2 aromatic carbocycles. The lowest BCUT2D eigenvalue weighted by Gasteiger charge is -2.11. The minimum atomic E-state index is -4.45. The highest BCUT2D eigenvalue weighted by atomic mass is 32.2. The summed E-state index contributed by atoms with van der Waals surface area (Å²) < 4.78 is 71.2. The van der Waals surface area contributed by atoms with Crippen molar-refractivity contribution in [2.75, 3.05) is 11.9 Å². The predicted octanol–water partition coefficient (Wildman–Crippen LogP) is 4.21. The summed E-state index contributed by atoms with van der Waals surface area (Å²) in [5.74, 6) is 0. The normalized spacial score (nSPS) is 12.7. The molecular weight excluding hydrogens is 369 g/mol.